The Kier molecular flexibility index (Phi) is 5.96. The molecule has 0 aliphatic carbocycles. The number of hydrogen-bond acceptors (Lipinski definition) is 8. The molecule has 28 heavy (non-hydrogen) atoms. The summed E-state index contributed by atoms with van der Waals surface area (Å²) >= 11 is 9.24. The van der Waals surface area contributed by atoms with Crippen LogP contribution in [0.5, 0.6) is 0 Å². The quantitative estimate of drug-likeness (QED) is 0.285. The summed E-state index contributed by atoms with van der Waals surface area (Å²) in [7, 11) is 0. The number of anilines is 3. The van der Waals surface area contributed by atoms with Crippen LogP contribution in [0.1, 0.15) is 10.4 Å². The molecule has 12 heteroatoms. The number of pyridine rings is 1. The number of rotatable bonds is 6. The molecule has 0 aliphatic rings. The van der Waals surface area contributed by atoms with E-state index in [4.69, 9.17) is 11.6 Å². The van der Waals surface area contributed by atoms with E-state index >= 15 is 0 Å². The lowest BCUT2D eigenvalue weighted by Gasteiger charge is -2.11. The summed E-state index contributed by atoms with van der Waals surface area (Å²) in [6.07, 6.45) is 2.58. The maximum atomic E-state index is 12.2. The summed E-state index contributed by atoms with van der Waals surface area (Å²) in [6, 6.07) is 9.77. The van der Waals surface area contributed by atoms with Gasteiger partial charge in [0.25, 0.3) is 5.91 Å². The molecular weight excluding hydrogens is 454 g/mol. The predicted octanol–water partition coefficient (Wildman–Crippen LogP) is 3.70. The molecule has 1 aromatic carbocycles. The Labute approximate surface area is 171 Å². The fraction of sp³-hybridized carbons (Fsp3) is 0. The third kappa shape index (κ3) is 4.50. The average molecular weight is 465 g/mol. The first-order valence-corrected chi connectivity index (χ1v) is 8.81. The van der Waals surface area contributed by atoms with Gasteiger partial charge in [0.1, 0.15) is 6.33 Å². The number of carbonyl (C=O) groups is 1. The smallest absolute Gasteiger partial charge is 0.332 e. The van der Waals surface area contributed by atoms with Crippen LogP contribution in [-0.2, 0) is 0 Å². The topological polar surface area (TPSA) is 135 Å². The van der Waals surface area contributed by atoms with Crippen molar-refractivity contribution in [3.8, 4) is 0 Å². The maximum Gasteiger partial charge on any atom is 0.355 e. The number of hydrazine groups is 1. The van der Waals surface area contributed by atoms with Gasteiger partial charge in [-0.2, -0.15) is 0 Å². The van der Waals surface area contributed by atoms with Gasteiger partial charge in [0.05, 0.1) is 10.6 Å². The monoisotopic (exact) mass is 463 g/mol. The number of hydrogen-bond donors (Lipinski definition) is 3. The Morgan fingerprint density at radius 2 is 1.82 bits per heavy atom. The van der Waals surface area contributed by atoms with E-state index in [2.05, 4.69) is 47.1 Å². The molecule has 0 fully saturated rings. The highest BCUT2D eigenvalue weighted by molar-refractivity contribution is 9.10. The van der Waals surface area contributed by atoms with Crippen molar-refractivity contribution in [3.63, 3.8) is 0 Å². The van der Waals surface area contributed by atoms with Gasteiger partial charge in [-0.15, -0.1) is 0 Å². The first-order chi connectivity index (χ1) is 13.5. The fourth-order valence-electron chi connectivity index (χ4n) is 2.13. The number of aromatic nitrogens is 3. The number of halogens is 2. The van der Waals surface area contributed by atoms with Crippen molar-refractivity contribution in [1.29, 1.82) is 0 Å². The van der Waals surface area contributed by atoms with Crippen molar-refractivity contribution in [3.05, 3.63) is 74.2 Å². The van der Waals surface area contributed by atoms with Crippen molar-refractivity contribution >= 4 is 56.4 Å². The average Bonchev–Trinajstić information content (AvgIpc) is 2.68. The molecule has 0 atom stereocenters. The van der Waals surface area contributed by atoms with Gasteiger partial charge in [0, 0.05) is 16.2 Å². The Balaban J connectivity index is 1.83. The number of nitro groups is 1. The second kappa shape index (κ2) is 8.59. The second-order valence-electron chi connectivity index (χ2n) is 5.23. The normalized spacial score (nSPS) is 10.2. The predicted molar refractivity (Wildman–Crippen MR) is 106 cm³/mol. The molecule has 0 aliphatic heterocycles. The van der Waals surface area contributed by atoms with Gasteiger partial charge in [-0.05, 0) is 36.4 Å². The lowest BCUT2D eigenvalue weighted by Crippen LogP contribution is -2.30. The zero-order valence-electron chi connectivity index (χ0n) is 13.9. The summed E-state index contributed by atoms with van der Waals surface area (Å²) < 4.78 is 0.813. The Hall–Kier alpha value is -3.31. The van der Waals surface area contributed by atoms with Crippen LogP contribution in [0.2, 0.25) is 5.15 Å². The van der Waals surface area contributed by atoms with Crippen molar-refractivity contribution in [2.45, 2.75) is 0 Å². The standard InChI is InChI=1S/C16H11BrClN7O3/c17-10-5-3-9(4-6-10)16(26)24-23-15-12(25(27)28)14(20-8-21-15)22-11-2-1-7-19-13(11)18/h1-8H,(H,24,26)(H2,20,21,22,23). The van der Waals surface area contributed by atoms with E-state index < -0.39 is 16.5 Å². The molecule has 0 saturated carbocycles. The zero-order chi connectivity index (χ0) is 20.1. The first kappa shape index (κ1) is 19.5. The highest BCUT2D eigenvalue weighted by atomic mass is 79.9. The van der Waals surface area contributed by atoms with Crippen LogP contribution in [0.25, 0.3) is 0 Å². The number of amides is 1. The van der Waals surface area contributed by atoms with Gasteiger partial charge in [-0.25, -0.2) is 15.0 Å². The molecule has 0 bridgehead atoms. The van der Waals surface area contributed by atoms with Gasteiger partial charge < -0.3 is 5.32 Å². The van der Waals surface area contributed by atoms with E-state index in [1.165, 1.54) is 6.20 Å². The van der Waals surface area contributed by atoms with E-state index in [1.54, 1.807) is 36.4 Å². The molecule has 3 N–H and O–H groups in total. The van der Waals surface area contributed by atoms with E-state index in [1.807, 2.05) is 0 Å². The first-order valence-electron chi connectivity index (χ1n) is 7.64. The highest BCUT2D eigenvalue weighted by Crippen LogP contribution is 2.32. The number of nitrogens with zero attached hydrogens (tertiary/aromatic N) is 4. The third-order valence-corrected chi connectivity index (χ3v) is 4.25. The van der Waals surface area contributed by atoms with E-state index in [0.29, 0.717) is 11.3 Å². The Morgan fingerprint density at radius 1 is 1.11 bits per heavy atom. The molecule has 2 aromatic heterocycles. The minimum Gasteiger partial charge on any atom is -0.332 e. The van der Waals surface area contributed by atoms with Gasteiger partial charge in [-0.3, -0.25) is 25.8 Å². The Morgan fingerprint density at radius 3 is 2.50 bits per heavy atom. The summed E-state index contributed by atoms with van der Waals surface area (Å²) in [5.74, 6) is -0.812. The molecule has 3 rings (SSSR count). The van der Waals surface area contributed by atoms with Crippen molar-refractivity contribution in [2.75, 3.05) is 10.7 Å². The molecule has 0 spiro atoms. The van der Waals surface area contributed by atoms with Crippen molar-refractivity contribution in [2.24, 2.45) is 0 Å². The van der Waals surface area contributed by atoms with E-state index in [9.17, 15) is 14.9 Å². The lowest BCUT2D eigenvalue weighted by atomic mass is 10.2. The number of carbonyl (C=O) groups excluding carboxylic acids is 1. The number of benzene rings is 1. The molecule has 10 nitrogen and oxygen atoms in total. The van der Waals surface area contributed by atoms with Crippen LogP contribution < -0.4 is 16.2 Å². The molecule has 0 unspecified atom stereocenters. The minimum atomic E-state index is -0.680. The summed E-state index contributed by atoms with van der Waals surface area (Å²) in [6.45, 7) is 0. The van der Waals surface area contributed by atoms with Crippen LogP contribution in [-0.4, -0.2) is 25.8 Å². The van der Waals surface area contributed by atoms with Gasteiger partial charge in [-0.1, -0.05) is 27.5 Å². The Bertz CT molecular complexity index is 1030. The van der Waals surface area contributed by atoms with Gasteiger partial charge in [0.2, 0.25) is 11.6 Å². The molecule has 3 aromatic rings. The van der Waals surface area contributed by atoms with Gasteiger partial charge in [0.15, 0.2) is 5.15 Å². The van der Waals surface area contributed by atoms with Crippen LogP contribution in [0.3, 0.4) is 0 Å². The summed E-state index contributed by atoms with van der Waals surface area (Å²) in [5.41, 5.74) is 5.03. The second-order valence-corrected chi connectivity index (χ2v) is 6.50. The van der Waals surface area contributed by atoms with Crippen LogP contribution in [0.4, 0.5) is 23.0 Å². The van der Waals surface area contributed by atoms with Crippen LogP contribution in [0.15, 0.2) is 53.4 Å². The summed E-state index contributed by atoms with van der Waals surface area (Å²) in [4.78, 5) is 34.7. The van der Waals surface area contributed by atoms with E-state index in [-0.39, 0.29) is 16.8 Å². The number of nitrogens with one attached hydrogen (secondary N) is 3. The third-order valence-electron chi connectivity index (χ3n) is 3.42. The van der Waals surface area contributed by atoms with E-state index in [0.717, 1.165) is 10.8 Å². The fourth-order valence-corrected chi connectivity index (χ4v) is 2.56. The largest absolute Gasteiger partial charge is 0.355 e. The summed E-state index contributed by atoms with van der Waals surface area (Å²) in [5, 5.41) is 14.4. The zero-order valence-corrected chi connectivity index (χ0v) is 16.2. The molecule has 0 radical (unpaired) electrons. The lowest BCUT2D eigenvalue weighted by molar-refractivity contribution is -0.383. The molecule has 142 valence electrons. The maximum absolute atomic E-state index is 12.2. The van der Waals surface area contributed by atoms with Gasteiger partial charge >= 0.3 is 5.69 Å². The molecule has 0 saturated heterocycles. The minimum absolute atomic E-state index is 0.115. The van der Waals surface area contributed by atoms with Crippen LogP contribution in [0, 0.1) is 10.1 Å². The molecule has 2 heterocycles. The SMILES string of the molecule is O=C(NNc1ncnc(Nc2cccnc2Cl)c1[N+](=O)[O-])c1ccc(Br)cc1. The van der Waals surface area contributed by atoms with Crippen LogP contribution >= 0.6 is 27.5 Å². The van der Waals surface area contributed by atoms with Crippen molar-refractivity contribution < 1.29 is 9.72 Å². The van der Waals surface area contributed by atoms with Crippen molar-refractivity contribution in [1.82, 2.24) is 20.4 Å². The highest BCUT2D eigenvalue weighted by Gasteiger charge is 2.24. The molecule has 1 amide bonds. The molecular formula is C16H11BrClN7O3.